The molecule has 0 bridgehead atoms. The quantitative estimate of drug-likeness (QED) is 0.384. The lowest BCUT2D eigenvalue weighted by molar-refractivity contribution is -0.203. The number of anilines is 1. The first-order valence-electron chi connectivity index (χ1n) is 13.3. The van der Waals surface area contributed by atoms with Crippen LogP contribution < -0.4 is 15.8 Å². The molecule has 0 saturated carbocycles. The summed E-state index contributed by atoms with van der Waals surface area (Å²) < 4.78 is 47.4. The first kappa shape index (κ1) is 28.5. The third-order valence-corrected chi connectivity index (χ3v) is 7.68. The minimum absolute atomic E-state index is 0.0523. The van der Waals surface area contributed by atoms with Crippen molar-refractivity contribution >= 4 is 17.6 Å². The molecule has 2 fully saturated rings. The summed E-state index contributed by atoms with van der Waals surface area (Å²) in [6.07, 6.45) is -0.109. The highest BCUT2D eigenvalue weighted by Gasteiger charge is 2.54. The van der Waals surface area contributed by atoms with Crippen LogP contribution in [0.5, 0.6) is 0 Å². The van der Waals surface area contributed by atoms with E-state index in [2.05, 4.69) is 20.7 Å². The van der Waals surface area contributed by atoms with Gasteiger partial charge in [0.2, 0.25) is 11.8 Å². The number of nitrogens with zero attached hydrogens (tertiary/aromatic N) is 5. The average molecular weight is 570 g/mol. The van der Waals surface area contributed by atoms with E-state index in [1.165, 1.54) is 12.3 Å². The minimum atomic E-state index is -4.69. The van der Waals surface area contributed by atoms with Gasteiger partial charge in [0.1, 0.15) is 11.9 Å². The number of nitriles is 1. The lowest BCUT2D eigenvalue weighted by atomic mass is 9.94. The predicted octanol–water partition coefficient (Wildman–Crippen LogP) is 1.91. The van der Waals surface area contributed by atoms with E-state index in [4.69, 9.17) is 10.00 Å². The Bertz CT molecular complexity index is 1320. The summed E-state index contributed by atoms with van der Waals surface area (Å²) in [5, 5.41) is 8.93. The second-order valence-corrected chi connectivity index (χ2v) is 10.1. The van der Waals surface area contributed by atoms with Crippen LogP contribution in [0.15, 0.2) is 54.7 Å². The molecular formula is C28H30F3N7O3. The van der Waals surface area contributed by atoms with Crippen molar-refractivity contribution < 1.29 is 27.5 Å². The Morgan fingerprint density at radius 1 is 1.17 bits per heavy atom. The third-order valence-electron chi connectivity index (χ3n) is 7.68. The Balaban J connectivity index is 1.15. The third kappa shape index (κ3) is 6.35. The normalized spacial score (nSPS) is 23.4. The zero-order chi connectivity index (χ0) is 29.0. The Kier molecular flexibility index (Phi) is 8.53. The molecule has 3 aliphatic heterocycles. The summed E-state index contributed by atoms with van der Waals surface area (Å²) in [5.74, 6) is -2.65. The number of carbonyl (C=O) groups excluding carboxylic acids is 2. The van der Waals surface area contributed by atoms with Crippen LogP contribution in [0.4, 0.5) is 19.0 Å². The molecule has 1 aromatic carbocycles. The van der Waals surface area contributed by atoms with Gasteiger partial charge in [0, 0.05) is 57.6 Å². The smallest absolute Gasteiger partial charge is 0.375 e. The lowest BCUT2D eigenvalue weighted by Crippen LogP contribution is -2.64. The number of fused-ring (bicyclic) bond motifs is 1. The van der Waals surface area contributed by atoms with Crippen LogP contribution >= 0.6 is 0 Å². The Morgan fingerprint density at radius 3 is 2.66 bits per heavy atom. The second-order valence-electron chi connectivity index (χ2n) is 10.1. The van der Waals surface area contributed by atoms with Crippen molar-refractivity contribution in [2.24, 2.45) is 5.92 Å². The van der Waals surface area contributed by atoms with Crippen molar-refractivity contribution in [2.75, 3.05) is 50.8 Å². The number of hydrogen-bond donors (Lipinski definition) is 2. The molecule has 2 saturated heterocycles. The van der Waals surface area contributed by atoms with Gasteiger partial charge < -0.3 is 14.5 Å². The number of pyridine rings is 1. The van der Waals surface area contributed by atoms with Gasteiger partial charge in [0.15, 0.2) is 5.92 Å². The maximum atomic E-state index is 13.9. The molecule has 0 radical (unpaired) electrons. The molecular weight excluding hydrogens is 539 g/mol. The number of amides is 2. The molecule has 216 valence electrons. The molecule has 2 aromatic rings. The summed E-state index contributed by atoms with van der Waals surface area (Å²) in [7, 11) is 0. The molecule has 1 aromatic heterocycles. The summed E-state index contributed by atoms with van der Waals surface area (Å²) in [6, 6.07) is 11.4. The molecule has 2 N–H and O–H groups in total. The van der Waals surface area contributed by atoms with Crippen molar-refractivity contribution in [3.8, 4) is 6.07 Å². The molecule has 5 rings (SSSR count). The Morgan fingerprint density at radius 2 is 1.95 bits per heavy atom. The van der Waals surface area contributed by atoms with Crippen LogP contribution in [-0.2, 0) is 20.9 Å². The highest BCUT2D eigenvalue weighted by Crippen LogP contribution is 2.41. The molecule has 3 aliphatic rings. The van der Waals surface area contributed by atoms with E-state index in [-0.39, 0.29) is 32.2 Å². The zero-order valence-electron chi connectivity index (χ0n) is 22.2. The fraction of sp³-hybridized carbons (Fsp3) is 0.429. The maximum absolute atomic E-state index is 13.9. The van der Waals surface area contributed by atoms with Crippen LogP contribution in [0.2, 0.25) is 0 Å². The highest BCUT2D eigenvalue weighted by atomic mass is 19.4. The van der Waals surface area contributed by atoms with Gasteiger partial charge in [-0.2, -0.15) is 18.4 Å². The molecule has 0 spiro atoms. The van der Waals surface area contributed by atoms with Gasteiger partial charge in [-0.1, -0.05) is 30.3 Å². The summed E-state index contributed by atoms with van der Waals surface area (Å²) >= 11 is 0. The molecule has 13 heteroatoms. The van der Waals surface area contributed by atoms with Gasteiger partial charge in [-0.15, -0.1) is 0 Å². The van der Waals surface area contributed by atoms with E-state index in [0.29, 0.717) is 31.7 Å². The number of benzene rings is 1. The first-order valence-corrected chi connectivity index (χ1v) is 13.3. The number of hydrogen-bond acceptors (Lipinski definition) is 8. The Hall–Kier alpha value is -3.99. The van der Waals surface area contributed by atoms with E-state index in [1.54, 1.807) is 28.0 Å². The molecule has 3 atom stereocenters. The number of hydrazine groups is 1. The van der Waals surface area contributed by atoms with Crippen molar-refractivity contribution in [2.45, 2.75) is 24.8 Å². The van der Waals surface area contributed by atoms with E-state index in [0.717, 1.165) is 16.9 Å². The van der Waals surface area contributed by atoms with Gasteiger partial charge in [0.05, 0.1) is 24.8 Å². The van der Waals surface area contributed by atoms with Gasteiger partial charge in [0.25, 0.3) is 0 Å². The number of nitrogens with one attached hydrogen (secondary N) is 2. The molecule has 2 unspecified atom stereocenters. The number of halogens is 3. The maximum Gasteiger partial charge on any atom is 0.402 e. The van der Waals surface area contributed by atoms with E-state index < -0.39 is 30.1 Å². The standard InChI is InChI=1S/C28H30F3N7O3/c29-28(30,31)26-22(16-34-35-27(26)40)38-17-20-4-1-2-5-21(20)23(38)18-41-13-3-6-25(39)37-11-9-36(10-12-37)24-8-7-19(14-32)15-33-24/h1-8,15,22-23,26,34H,9-13,16-18H2,(H,35,40)/b6-3+/t22?,23-,26?/m1/s1. The molecule has 4 heterocycles. The Labute approximate surface area is 235 Å². The van der Waals surface area contributed by atoms with Gasteiger partial charge >= 0.3 is 6.18 Å². The number of piperazine rings is 1. The van der Waals surface area contributed by atoms with Crippen molar-refractivity contribution in [1.82, 2.24) is 25.6 Å². The van der Waals surface area contributed by atoms with Gasteiger partial charge in [-0.3, -0.25) is 19.9 Å². The van der Waals surface area contributed by atoms with Crippen molar-refractivity contribution in [3.05, 3.63) is 71.4 Å². The van der Waals surface area contributed by atoms with Crippen LogP contribution in [0.25, 0.3) is 0 Å². The van der Waals surface area contributed by atoms with Crippen molar-refractivity contribution in [3.63, 3.8) is 0 Å². The summed E-state index contributed by atoms with van der Waals surface area (Å²) in [6.45, 7) is 2.69. The fourth-order valence-electron chi connectivity index (χ4n) is 5.61. The van der Waals surface area contributed by atoms with Crippen LogP contribution in [-0.4, -0.2) is 84.8 Å². The number of rotatable bonds is 7. The zero-order valence-corrected chi connectivity index (χ0v) is 22.2. The SMILES string of the molecule is N#Cc1ccc(N2CCN(C(=O)/C=C/COC[C@@H]3c4ccccc4CN3C3CNNC(=O)C3C(F)(F)F)CC2)nc1. The molecule has 10 nitrogen and oxygen atoms in total. The summed E-state index contributed by atoms with van der Waals surface area (Å²) in [4.78, 5) is 34.6. The van der Waals surface area contributed by atoms with E-state index in [9.17, 15) is 22.8 Å². The van der Waals surface area contributed by atoms with E-state index in [1.807, 2.05) is 30.3 Å². The number of aromatic nitrogens is 1. The summed E-state index contributed by atoms with van der Waals surface area (Å²) in [5.41, 5.74) is 6.96. The van der Waals surface area contributed by atoms with E-state index >= 15 is 0 Å². The lowest BCUT2D eigenvalue weighted by Gasteiger charge is -2.41. The first-order chi connectivity index (χ1) is 19.8. The number of alkyl halides is 3. The minimum Gasteiger partial charge on any atom is -0.375 e. The van der Waals surface area contributed by atoms with Crippen molar-refractivity contribution in [1.29, 1.82) is 5.26 Å². The number of carbonyl (C=O) groups is 2. The topological polar surface area (TPSA) is 114 Å². The predicted molar refractivity (Wildman–Crippen MR) is 142 cm³/mol. The van der Waals surface area contributed by atoms with Crippen LogP contribution in [0, 0.1) is 17.2 Å². The largest absolute Gasteiger partial charge is 0.402 e. The van der Waals surface area contributed by atoms with Gasteiger partial charge in [-0.25, -0.2) is 10.4 Å². The fourth-order valence-corrected chi connectivity index (χ4v) is 5.61. The second kappa shape index (κ2) is 12.3. The van der Waals surface area contributed by atoms with Crippen LogP contribution in [0.1, 0.15) is 22.7 Å². The monoisotopic (exact) mass is 569 g/mol. The van der Waals surface area contributed by atoms with Crippen LogP contribution in [0.3, 0.4) is 0 Å². The highest BCUT2D eigenvalue weighted by molar-refractivity contribution is 5.87. The van der Waals surface area contributed by atoms with Gasteiger partial charge in [-0.05, 0) is 23.3 Å². The molecule has 0 aliphatic carbocycles. The average Bonchev–Trinajstić information content (AvgIpc) is 3.34. The molecule has 2 amide bonds. The number of ether oxygens (including phenoxy) is 1. The molecule has 41 heavy (non-hydrogen) atoms.